The van der Waals surface area contributed by atoms with Gasteiger partial charge >= 0.3 is 6.18 Å². The fourth-order valence-electron chi connectivity index (χ4n) is 2.99. The number of nitrogens with two attached hydrogens (primary N) is 1. The first-order valence-electron chi connectivity index (χ1n) is 7.56. The highest BCUT2D eigenvalue weighted by Crippen LogP contribution is 2.31. The number of quaternary nitrogens is 1. The van der Waals surface area contributed by atoms with Crippen LogP contribution in [0.15, 0.2) is 24.3 Å². The molecule has 2 N–H and O–H groups in total. The van der Waals surface area contributed by atoms with Gasteiger partial charge < -0.3 is 5.32 Å². The standard InChI is InChI=1S/C16H22F3N/c17-16(18,19)15-11-7-6-8-13(15)12-20-14-9-4-2-1-3-5-10-14/h6-8,11,14,20H,1-5,9-10,12H2/p+1. The smallest absolute Gasteiger partial charge is 0.340 e. The predicted octanol–water partition coefficient (Wildman–Crippen LogP) is 3.88. The van der Waals surface area contributed by atoms with Crippen LogP contribution in [0.3, 0.4) is 0 Å². The Kier molecular flexibility index (Phi) is 5.46. The molecule has 1 aliphatic rings. The van der Waals surface area contributed by atoms with Crippen LogP contribution in [0.4, 0.5) is 13.2 Å². The summed E-state index contributed by atoms with van der Waals surface area (Å²) in [7, 11) is 0. The van der Waals surface area contributed by atoms with Crippen molar-refractivity contribution in [2.75, 3.05) is 0 Å². The average Bonchev–Trinajstić information content (AvgIpc) is 2.37. The summed E-state index contributed by atoms with van der Waals surface area (Å²) in [5, 5.41) is 2.11. The molecule has 0 spiro atoms. The zero-order valence-electron chi connectivity index (χ0n) is 11.8. The van der Waals surface area contributed by atoms with Gasteiger partial charge in [-0.25, -0.2) is 0 Å². The molecule has 1 nitrogen and oxygen atoms in total. The summed E-state index contributed by atoms with van der Waals surface area (Å²) in [5.41, 5.74) is -0.0795. The second-order valence-electron chi connectivity index (χ2n) is 5.70. The van der Waals surface area contributed by atoms with Crippen molar-refractivity contribution in [2.45, 2.75) is 63.7 Å². The maximum atomic E-state index is 12.9. The van der Waals surface area contributed by atoms with E-state index < -0.39 is 11.7 Å². The normalized spacial score (nSPS) is 18.6. The third kappa shape index (κ3) is 4.51. The second-order valence-corrected chi connectivity index (χ2v) is 5.70. The van der Waals surface area contributed by atoms with Crippen molar-refractivity contribution in [2.24, 2.45) is 0 Å². The molecule has 1 saturated carbocycles. The molecular formula is C16H23F3N+. The molecule has 0 aliphatic heterocycles. The summed E-state index contributed by atoms with van der Waals surface area (Å²) in [6.45, 7) is 0.431. The molecule has 0 heterocycles. The van der Waals surface area contributed by atoms with Gasteiger partial charge in [0.25, 0.3) is 0 Å². The summed E-state index contributed by atoms with van der Waals surface area (Å²) < 4.78 is 38.8. The van der Waals surface area contributed by atoms with E-state index in [9.17, 15) is 13.2 Å². The van der Waals surface area contributed by atoms with Crippen LogP contribution in [0.1, 0.15) is 56.1 Å². The van der Waals surface area contributed by atoms with Crippen molar-refractivity contribution in [3.8, 4) is 0 Å². The molecule has 0 aromatic heterocycles. The zero-order valence-corrected chi connectivity index (χ0v) is 11.8. The monoisotopic (exact) mass is 286 g/mol. The third-order valence-electron chi connectivity index (χ3n) is 4.14. The van der Waals surface area contributed by atoms with Gasteiger partial charge in [0.2, 0.25) is 0 Å². The molecule has 4 heteroatoms. The maximum Gasteiger partial charge on any atom is 0.416 e. The molecule has 20 heavy (non-hydrogen) atoms. The topological polar surface area (TPSA) is 16.6 Å². The molecule has 0 amide bonds. The molecule has 0 atom stereocenters. The van der Waals surface area contributed by atoms with Gasteiger partial charge in [0.1, 0.15) is 6.54 Å². The lowest BCUT2D eigenvalue weighted by Crippen LogP contribution is -2.88. The van der Waals surface area contributed by atoms with E-state index in [0.29, 0.717) is 18.2 Å². The molecule has 2 rings (SSSR count). The Hall–Kier alpha value is -1.03. The van der Waals surface area contributed by atoms with Crippen molar-refractivity contribution in [1.82, 2.24) is 0 Å². The van der Waals surface area contributed by atoms with E-state index in [1.165, 1.54) is 44.2 Å². The van der Waals surface area contributed by atoms with Gasteiger partial charge in [0, 0.05) is 5.56 Å². The molecule has 1 fully saturated rings. The van der Waals surface area contributed by atoms with Gasteiger partial charge in [-0.2, -0.15) is 13.2 Å². The van der Waals surface area contributed by atoms with Crippen molar-refractivity contribution in [1.29, 1.82) is 0 Å². The van der Waals surface area contributed by atoms with E-state index >= 15 is 0 Å². The molecule has 1 aromatic rings. The minimum absolute atomic E-state index is 0.405. The summed E-state index contributed by atoms with van der Waals surface area (Å²) in [6, 6.07) is 6.42. The van der Waals surface area contributed by atoms with Crippen LogP contribution in [-0.2, 0) is 12.7 Å². The minimum atomic E-state index is -4.24. The van der Waals surface area contributed by atoms with Crippen LogP contribution in [0.25, 0.3) is 0 Å². The van der Waals surface area contributed by atoms with E-state index in [1.54, 1.807) is 12.1 Å². The second kappa shape index (κ2) is 7.11. The van der Waals surface area contributed by atoms with Crippen LogP contribution < -0.4 is 5.32 Å². The largest absolute Gasteiger partial charge is 0.416 e. The van der Waals surface area contributed by atoms with Crippen LogP contribution in [0.5, 0.6) is 0 Å². The van der Waals surface area contributed by atoms with Crippen LogP contribution in [0.2, 0.25) is 0 Å². The van der Waals surface area contributed by atoms with Gasteiger partial charge in [-0.3, -0.25) is 0 Å². The van der Waals surface area contributed by atoms with Gasteiger partial charge in [-0.1, -0.05) is 37.5 Å². The van der Waals surface area contributed by atoms with Crippen molar-refractivity contribution < 1.29 is 18.5 Å². The molecule has 0 unspecified atom stereocenters. The molecular weight excluding hydrogens is 263 g/mol. The van der Waals surface area contributed by atoms with E-state index in [0.717, 1.165) is 12.8 Å². The van der Waals surface area contributed by atoms with Gasteiger partial charge in [0.15, 0.2) is 0 Å². The SMILES string of the molecule is FC(F)(F)c1ccccc1C[NH2+]C1CCCCCCC1. The number of benzene rings is 1. The minimum Gasteiger partial charge on any atom is -0.340 e. The summed E-state index contributed by atoms with van der Waals surface area (Å²) >= 11 is 0. The van der Waals surface area contributed by atoms with Gasteiger partial charge in [0.05, 0.1) is 11.6 Å². The molecule has 0 radical (unpaired) electrons. The fraction of sp³-hybridized carbons (Fsp3) is 0.625. The highest BCUT2D eigenvalue weighted by molar-refractivity contribution is 5.28. The van der Waals surface area contributed by atoms with Gasteiger partial charge in [-0.05, 0) is 31.7 Å². The highest BCUT2D eigenvalue weighted by Gasteiger charge is 2.33. The van der Waals surface area contributed by atoms with E-state index in [-0.39, 0.29) is 0 Å². The van der Waals surface area contributed by atoms with Crippen molar-refractivity contribution >= 4 is 0 Å². The summed E-state index contributed by atoms with van der Waals surface area (Å²) in [4.78, 5) is 0. The van der Waals surface area contributed by atoms with E-state index in [1.807, 2.05) is 0 Å². The Morgan fingerprint density at radius 2 is 1.55 bits per heavy atom. The lowest BCUT2D eigenvalue weighted by Gasteiger charge is -2.19. The molecule has 1 aliphatic carbocycles. The molecule has 112 valence electrons. The lowest BCUT2D eigenvalue weighted by molar-refractivity contribution is -0.706. The quantitative estimate of drug-likeness (QED) is 0.868. The first-order valence-corrected chi connectivity index (χ1v) is 7.56. The average molecular weight is 286 g/mol. The molecule has 0 saturated heterocycles. The lowest BCUT2D eigenvalue weighted by atomic mass is 9.96. The van der Waals surface area contributed by atoms with Gasteiger partial charge in [-0.15, -0.1) is 0 Å². The first kappa shape index (κ1) is 15.4. The Morgan fingerprint density at radius 1 is 0.950 bits per heavy atom. The predicted molar refractivity (Wildman–Crippen MR) is 73.2 cm³/mol. The third-order valence-corrected chi connectivity index (χ3v) is 4.14. The van der Waals surface area contributed by atoms with Crippen LogP contribution in [-0.4, -0.2) is 6.04 Å². The number of alkyl halides is 3. The maximum absolute atomic E-state index is 12.9. The fourth-order valence-corrected chi connectivity index (χ4v) is 2.99. The first-order chi connectivity index (χ1) is 9.57. The summed E-state index contributed by atoms with van der Waals surface area (Å²) in [5.74, 6) is 0. The highest BCUT2D eigenvalue weighted by atomic mass is 19.4. The Labute approximate surface area is 118 Å². The Balaban J connectivity index is 1.96. The Morgan fingerprint density at radius 3 is 2.20 bits per heavy atom. The van der Waals surface area contributed by atoms with E-state index in [2.05, 4.69) is 5.32 Å². The van der Waals surface area contributed by atoms with Crippen LogP contribution >= 0.6 is 0 Å². The van der Waals surface area contributed by atoms with Crippen molar-refractivity contribution in [3.05, 3.63) is 35.4 Å². The molecule has 1 aromatic carbocycles. The van der Waals surface area contributed by atoms with Crippen LogP contribution in [0, 0.1) is 0 Å². The van der Waals surface area contributed by atoms with E-state index in [4.69, 9.17) is 0 Å². The number of hydrogen-bond acceptors (Lipinski definition) is 0. The van der Waals surface area contributed by atoms with Crippen molar-refractivity contribution in [3.63, 3.8) is 0 Å². The Bertz CT molecular complexity index is 406. The molecule has 0 bridgehead atoms. The zero-order chi connectivity index (χ0) is 14.4. The number of hydrogen-bond donors (Lipinski definition) is 1. The summed E-state index contributed by atoms with van der Waals surface area (Å²) in [6.07, 6.45) is 4.29. The number of rotatable bonds is 3. The number of halogens is 3.